The molecule has 0 saturated carbocycles. The van der Waals surface area contributed by atoms with Crippen LogP contribution in [0.2, 0.25) is 0 Å². The average Bonchev–Trinajstić information content (AvgIpc) is 2.40. The van der Waals surface area contributed by atoms with E-state index in [0.29, 0.717) is 15.8 Å². The van der Waals surface area contributed by atoms with Gasteiger partial charge in [0.15, 0.2) is 10.3 Å². The second-order valence-corrected chi connectivity index (χ2v) is 3.91. The molecular weight excluding hydrogens is 232 g/mol. The van der Waals surface area contributed by atoms with Crippen LogP contribution in [0.25, 0.3) is 22.4 Å². The molecule has 0 saturated heterocycles. The van der Waals surface area contributed by atoms with E-state index in [0.717, 1.165) is 11.3 Å². The Morgan fingerprint density at radius 2 is 1.88 bits per heavy atom. The zero-order valence-electron chi connectivity index (χ0n) is 8.79. The first-order valence-corrected chi connectivity index (χ1v) is 5.51. The van der Waals surface area contributed by atoms with Gasteiger partial charge in [-0.25, -0.2) is 15.0 Å². The first-order valence-electron chi connectivity index (χ1n) is 5.10. The second-order valence-electron chi connectivity index (χ2n) is 3.53. The largest absolute Gasteiger partial charge is 0.329 e. The van der Waals surface area contributed by atoms with Crippen LogP contribution in [-0.2, 0) is 0 Å². The molecule has 0 aliphatic carbocycles. The molecule has 0 fully saturated rings. The van der Waals surface area contributed by atoms with E-state index in [1.165, 1.54) is 6.33 Å². The number of H-pyrrole nitrogens is 1. The number of benzene rings is 1. The Morgan fingerprint density at radius 3 is 2.71 bits per heavy atom. The van der Waals surface area contributed by atoms with Crippen molar-refractivity contribution in [3.63, 3.8) is 0 Å². The zero-order valence-corrected chi connectivity index (χ0v) is 9.61. The molecule has 0 amide bonds. The molecule has 82 valence electrons. The van der Waals surface area contributed by atoms with Gasteiger partial charge in [-0.1, -0.05) is 42.5 Å². The highest BCUT2D eigenvalue weighted by molar-refractivity contribution is 7.71. The van der Waals surface area contributed by atoms with E-state index in [4.69, 9.17) is 12.2 Å². The number of rotatable bonds is 1. The van der Waals surface area contributed by atoms with Crippen LogP contribution in [-0.4, -0.2) is 19.9 Å². The molecular formula is C12H8N4S. The summed E-state index contributed by atoms with van der Waals surface area (Å²) in [6.45, 7) is 0. The second kappa shape index (κ2) is 4.03. The van der Waals surface area contributed by atoms with Gasteiger partial charge in [-0.3, -0.25) is 0 Å². The van der Waals surface area contributed by atoms with Crippen molar-refractivity contribution in [2.75, 3.05) is 0 Å². The first kappa shape index (κ1) is 10.0. The standard InChI is InChI=1S/C12H8N4S/c17-12-10-11(14-7-15-12)13-6-9(16-10)8-4-2-1-3-5-8/h1-7H,(H,13,14,15,17). The fraction of sp³-hybridized carbons (Fsp3) is 0. The molecule has 4 nitrogen and oxygen atoms in total. The number of aromatic nitrogens is 4. The van der Waals surface area contributed by atoms with Gasteiger partial charge in [0, 0.05) is 5.56 Å². The van der Waals surface area contributed by atoms with Gasteiger partial charge in [0.25, 0.3) is 0 Å². The molecule has 2 heterocycles. The predicted octanol–water partition coefficient (Wildman–Crippen LogP) is 2.75. The topological polar surface area (TPSA) is 54.5 Å². The molecule has 0 bridgehead atoms. The maximum Gasteiger partial charge on any atom is 0.160 e. The van der Waals surface area contributed by atoms with Crippen LogP contribution in [0, 0.1) is 4.64 Å². The Kier molecular flexibility index (Phi) is 2.38. The fourth-order valence-corrected chi connectivity index (χ4v) is 1.80. The highest BCUT2D eigenvalue weighted by atomic mass is 32.1. The summed E-state index contributed by atoms with van der Waals surface area (Å²) in [5, 5.41) is 0. The van der Waals surface area contributed by atoms with Crippen LogP contribution in [0.3, 0.4) is 0 Å². The molecule has 0 spiro atoms. The minimum Gasteiger partial charge on any atom is -0.329 e. The zero-order chi connectivity index (χ0) is 11.7. The van der Waals surface area contributed by atoms with Crippen molar-refractivity contribution in [1.29, 1.82) is 0 Å². The summed E-state index contributed by atoms with van der Waals surface area (Å²) in [4.78, 5) is 15.7. The van der Waals surface area contributed by atoms with Crippen LogP contribution in [0.5, 0.6) is 0 Å². The normalized spacial score (nSPS) is 10.6. The number of nitrogens with zero attached hydrogens (tertiary/aromatic N) is 3. The van der Waals surface area contributed by atoms with Crippen molar-refractivity contribution in [3.8, 4) is 11.3 Å². The lowest BCUT2D eigenvalue weighted by atomic mass is 10.2. The van der Waals surface area contributed by atoms with Gasteiger partial charge in [-0.05, 0) is 0 Å². The smallest absolute Gasteiger partial charge is 0.160 e. The quantitative estimate of drug-likeness (QED) is 0.664. The van der Waals surface area contributed by atoms with Crippen molar-refractivity contribution in [3.05, 3.63) is 47.5 Å². The third-order valence-electron chi connectivity index (χ3n) is 2.43. The van der Waals surface area contributed by atoms with Gasteiger partial charge in [0.05, 0.1) is 18.2 Å². The highest BCUT2D eigenvalue weighted by Crippen LogP contribution is 2.17. The van der Waals surface area contributed by atoms with Crippen molar-refractivity contribution in [2.45, 2.75) is 0 Å². The van der Waals surface area contributed by atoms with E-state index < -0.39 is 0 Å². The Bertz CT molecular complexity index is 721. The summed E-state index contributed by atoms with van der Waals surface area (Å²) in [5.41, 5.74) is 3.10. The van der Waals surface area contributed by atoms with Crippen LogP contribution < -0.4 is 0 Å². The number of fused-ring (bicyclic) bond motifs is 1. The minimum atomic E-state index is 0.462. The molecule has 17 heavy (non-hydrogen) atoms. The predicted molar refractivity (Wildman–Crippen MR) is 68.0 cm³/mol. The Hall–Kier alpha value is -2.14. The highest BCUT2D eigenvalue weighted by Gasteiger charge is 2.03. The molecule has 0 atom stereocenters. The minimum absolute atomic E-state index is 0.462. The maximum absolute atomic E-state index is 5.13. The van der Waals surface area contributed by atoms with Gasteiger partial charge in [0.2, 0.25) is 0 Å². The van der Waals surface area contributed by atoms with E-state index in [1.54, 1.807) is 6.20 Å². The van der Waals surface area contributed by atoms with Crippen molar-refractivity contribution >= 4 is 23.4 Å². The lowest BCUT2D eigenvalue weighted by molar-refractivity contribution is 1.14. The first-order chi connectivity index (χ1) is 8.34. The molecule has 0 radical (unpaired) electrons. The van der Waals surface area contributed by atoms with Gasteiger partial charge in [-0.15, -0.1) is 0 Å². The van der Waals surface area contributed by atoms with E-state index in [1.807, 2.05) is 30.3 Å². The number of hydrogen-bond donors (Lipinski definition) is 1. The molecule has 0 aliphatic rings. The summed E-state index contributed by atoms with van der Waals surface area (Å²) >= 11 is 5.13. The van der Waals surface area contributed by atoms with Crippen LogP contribution in [0.4, 0.5) is 0 Å². The number of nitrogens with one attached hydrogen (secondary N) is 1. The fourth-order valence-electron chi connectivity index (χ4n) is 1.61. The summed E-state index contributed by atoms with van der Waals surface area (Å²) in [7, 11) is 0. The van der Waals surface area contributed by atoms with Crippen molar-refractivity contribution in [1.82, 2.24) is 19.9 Å². The van der Waals surface area contributed by atoms with Gasteiger partial charge in [0.1, 0.15) is 5.52 Å². The Labute approximate surface area is 102 Å². The lowest BCUT2D eigenvalue weighted by Gasteiger charge is -2.01. The van der Waals surface area contributed by atoms with E-state index in [2.05, 4.69) is 19.9 Å². The monoisotopic (exact) mass is 240 g/mol. The molecule has 2 aromatic heterocycles. The van der Waals surface area contributed by atoms with Crippen molar-refractivity contribution < 1.29 is 0 Å². The molecule has 1 N–H and O–H groups in total. The number of aromatic amines is 1. The molecule has 3 rings (SSSR count). The van der Waals surface area contributed by atoms with Gasteiger partial charge < -0.3 is 4.98 Å². The summed E-state index contributed by atoms with van der Waals surface area (Å²) in [6.07, 6.45) is 3.25. The molecule has 1 aromatic carbocycles. The molecule has 0 unspecified atom stereocenters. The third-order valence-corrected chi connectivity index (χ3v) is 2.73. The molecule has 0 aliphatic heterocycles. The summed E-state index contributed by atoms with van der Waals surface area (Å²) in [5.74, 6) is 0. The third kappa shape index (κ3) is 1.81. The van der Waals surface area contributed by atoms with Crippen molar-refractivity contribution in [2.24, 2.45) is 0 Å². The SMILES string of the molecule is S=c1nc[nH]c2ncc(-c3ccccc3)nc12. The van der Waals surface area contributed by atoms with Crippen LogP contribution >= 0.6 is 12.2 Å². The van der Waals surface area contributed by atoms with Gasteiger partial charge >= 0.3 is 0 Å². The van der Waals surface area contributed by atoms with E-state index in [-0.39, 0.29) is 0 Å². The van der Waals surface area contributed by atoms with Gasteiger partial charge in [-0.2, -0.15) is 0 Å². The van der Waals surface area contributed by atoms with Crippen LogP contribution in [0.1, 0.15) is 0 Å². The maximum atomic E-state index is 5.13. The molecule has 3 aromatic rings. The van der Waals surface area contributed by atoms with E-state index in [9.17, 15) is 0 Å². The Morgan fingerprint density at radius 1 is 1.06 bits per heavy atom. The summed E-state index contributed by atoms with van der Waals surface area (Å²) in [6, 6.07) is 9.86. The average molecular weight is 240 g/mol. The number of hydrogen-bond acceptors (Lipinski definition) is 4. The van der Waals surface area contributed by atoms with E-state index >= 15 is 0 Å². The molecule has 5 heteroatoms. The van der Waals surface area contributed by atoms with Crippen LogP contribution in [0.15, 0.2) is 42.9 Å². The summed E-state index contributed by atoms with van der Waals surface area (Å²) < 4.78 is 0.462. The Balaban J connectivity index is 2.27. The lowest BCUT2D eigenvalue weighted by Crippen LogP contribution is -1.92.